The molecule has 1 aliphatic heterocycles. The summed E-state index contributed by atoms with van der Waals surface area (Å²) in [4.78, 5) is 2.68. The third-order valence-corrected chi connectivity index (χ3v) is 4.28. The zero-order valence-corrected chi connectivity index (χ0v) is 12.6. The van der Waals surface area contributed by atoms with Gasteiger partial charge in [-0.1, -0.05) is 43.7 Å². The van der Waals surface area contributed by atoms with Crippen LogP contribution in [0.1, 0.15) is 39.2 Å². The molecule has 106 valence electrons. The Morgan fingerprint density at radius 3 is 2.74 bits per heavy atom. The van der Waals surface area contributed by atoms with Crippen molar-refractivity contribution >= 4 is 0 Å². The Morgan fingerprint density at radius 1 is 1.32 bits per heavy atom. The van der Waals surface area contributed by atoms with E-state index in [-0.39, 0.29) is 0 Å². The maximum atomic E-state index is 3.68. The summed E-state index contributed by atoms with van der Waals surface area (Å²) in [6.07, 6.45) is 3.72. The summed E-state index contributed by atoms with van der Waals surface area (Å²) in [5.74, 6) is 0. The fourth-order valence-electron chi connectivity index (χ4n) is 3.18. The van der Waals surface area contributed by atoms with Crippen molar-refractivity contribution in [2.75, 3.05) is 13.1 Å². The Morgan fingerprint density at radius 2 is 2.05 bits per heavy atom. The standard InChI is InChI=1S/C17H28N2/c1-4-8-17-13-19(15(3)12-18-17)14(2)11-16-9-6-5-7-10-16/h5-7,9-10,14-15,17-18H,4,8,11-13H2,1-3H3. The molecule has 1 heterocycles. The van der Waals surface area contributed by atoms with Gasteiger partial charge in [0.15, 0.2) is 0 Å². The van der Waals surface area contributed by atoms with Crippen molar-refractivity contribution in [3.8, 4) is 0 Å². The van der Waals surface area contributed by atoms with Crippen LogP contribution in [0.15, 0.2) is 30.3 Å². The molecule has 2 nitrogen and oxygen atoms in total. The summed E-state index contributed by atoms with van der Waals surface area (Å²) in [6, 6.07) is 12.8. The van der Waals surface area contributed by atoms with Gasteiger partial charge >= 0.3 is 0 Å². The highest BCUT2D eigenvalue weighted by Crippen LogP contribution is 2.16. The van der Waals surface area contributed by atoms with E-state index in [1.54, 1.807) is 0 Å². The van der Waals surface area contributed by atoms with E-state index in [1.807, 2.05) is 0 Å². The number of nitrogens with one attached hydrogen (secondary N) is 1. The average Bonchev–Trinajstić information content (AvgIpc) is 2.42. The molecular weight excluding hydrogens is 232 g/mol. The summed E-state index contributed by atoms with van der Waals surface area (Å²) in [5.41, 5.74) is 1.45. The lowest BCUT2D eigenvalue weighted by Gasteiger charge is -2.42. The predicted molar refractivity (Wildman–Crippen MR) is 82.5 cm³/mol. The van der Waals surface area contributed by atoms with Gasteiger partial charge < -0.3 is 5.32 Å². The number of hydrogen-bond acceptors (Lipinski definition) is 2. The minimum absolute atomic E-state index is 0.624. The minimum atomic E-state index is 0.624. The van der Waals surface area contributed by atoms with Crippen molar-refractivity contribution in [2.45, 2.75) is 58.2 Å². The van der Waals surface area contributed by atoms with Gasteiger partial charge in [-0.3, -0.25) is 4.90 Å². The maximum absolute atomic E-state index is 3.68. The highest BCUT2D eigenvalue weighted by atomic mass is 15.2. The van der Waals surface area contributed by atoms with E-state index in [9.17, 15) is 0 Å². The molecular formula is C17H28N2. The first-order valence-electron chi connectivity index (χ1n) is 7.73. The van der Waals surface area contributed by atoms with Crippen LogP contribution in [0.4, 0.5) is 0 Å². The molecule has 1 N–H and O–H groups in total. The summed E-state index contributed by atoms with van der Waals surface area (Å²) < 4.78 is 0. The lowest BCUT2D eigenvalue weighted by molar-refractivity contribution is 0.0958. The fraction of sp³-hybridized carbons (Fsp3) is 0.647. The molecule has 3 unspecified atom stereocenters. The van der Waals surface area contributed by atoms with Crippen molar-refractivity contribution in [3.05, 3.63) is 35.9 Å². The van der Waals surface area contributed by atoms with E-state index in [1.165, 1.54) is 24.9 Å². The van der Waals surface area contributed by atoms with Crippen LogP contribution >= 0.6 is 0 Å². The van der Waals surface area contributed by atoms with Crippen molar-refractivity contribution in [1.29, 1.82) is 0 Å². The van der Waals surface area contributed by atoms with Crippen LogP contribution in [0.25, 0.3) is 0 Å². The molecule has 0 radical (unpaired) electrons. The van der Waals surface area contributed by atoms with Gasteiger partial charge in [0, 0.05) is 31.2 Å². The van der Waals surface area contributed by atoms with Crippen LogP contribution in [0.3, 0.4) is 0 Å². The van der Waals surface area contributed by atoms with E-state index in [2.05, 4.69) is 61.3 Å². The molecule has 3 atom stereocenters. The number of piperazine rings is 1. The first-order valence-corrected chi connectivity index (χ1v) is 7.73. The molecule has 0 aromatic heterocycles. The van der Waals surface area contributed by atoms with E-state index in [0.29, 0.717) is 18.1 Å². The molecule has 1 saturated heterocycles. The second-order valence-corrected chi connectivity index (χ2v) is 5.98. The molecule has 19 heavy (non-hydrogen) atoms. The average molecular weight is 260 g/mol. The molecule has 0 spiro atoms. The quantitative estimate of drug-likeness (QED) is 0.875. The van der Waals surface area contributed by atoms with E-state index in [4.69, 9.17) is 0 Å². The van der Waals surface area contributed by atoms with Crippen molar-refractivity contribution in [2.24, 2.45) is 0 Å². The van der Waals surface area contributed by atoms with Crippen LogP contribution in [-0.4, -0.2) is 36.1 Å². The van der Waals surface area contributed by atoms with E-state index >= 15 is 0 Å². The first kappa shape index (κ1) is 14.5. The molecule has 1 aliphatic rings. The van der Waals surface area contributed by atoms with Crippen molar-refractivity contribution in [3.63, 3.8) is 0 Å². The Bertz CT molecular complexity index is 363. The normalized spacial score (nSPS) is 26.3. The molecule has 0 saturated carbocycles. The topological polar surface area (TPSA) is 15.3 Å². The SMILES string of the molecule is CCCC1CN(C(C)Cc2ccccc2)C(C)CN1. The van der Waals surface area contributed by atoms with Crippen LogP contribution in [-0.2, 0) is 6.42 Å². The van der Waals surface area contributed by atoms with Crippen LogP contribution in [0.5, 0.6) is 0 Å². The fourth-order valence-corrected chi connectivity index (χ4v) is 3.18. The van der Waals surface area contributed by atoms with Gasteiger partial charge in [-0.15, -0.1) is 0 Å². The van der Waals surface area contributed by atoms with Gasteiger partial charge in [-0.2, -0.15) is 0 Å². The lowest BCUT2D eigenvalue weighted by atomic mass is 10.00. The Labute approximate surface area is 118 Å². The van der Waals surface area contributed by atoms with Crippen LogP contribution in [0.2, 0.25) is 0 Å². The zero-order valence-electron chi connectivity index (χ0n) is 12.6. The summed E-state index contributed by atoms with van der Waals surface area (Å²) in [7, 11) is 0. The van der Waals surface area contributed by atoms with Gasteiger partial charge in [-0.25, -0.2) is 0 Å². The van der Waals surface area contributed by atoms with E-state index < -0.39 is 0 Å². The summed E-state index contributed by atoms with van der Waals surface area (Å²) in [6.45, 7) is 9.32. The largest absolute Gasteiger partial charge is 0.311 e. The predicted octanol–water partition coefficient (Wildman–Crippen LogP) is 3.08. The highest BCUT2D eigenvalue weighted by molar-refractivity contribution is 5.15. The monoisotopic (exact) mass is 260 g/mol. The number of hydrogen-bond donors (Lipinski definition) is 1. The first-order chi connectivity index (χ1) is 9.20. The number of rotatable bonds is 5. The second-order valence-electron chi connectivity index (χ2n) is 5.98. The molecule has 0 amide bonds. The Hall–Kier alpha value is -0.860. The zero-order chi connectivity index (χ0) is 13.7. The molecule has 0 aliphatic carbocycles. The number of nitrogens with zero attached hydrogens (tertiary/aromatic N) is 1. The maximum Gasteiger partial charge on any atom is 0.0196 e. The Balaban J connectivity index is 1.94. The van der Waals surface area contributed by atoms with Crippen molar-refractivity contribution < 1.29 is 0 Å². The van der Waals surface area contributed by atoms with Crippen molar-refractivity contribution in [1.82, 2.24) is 10.2 Å². The van der Waals surface area contributed by atoms with Crippen LogP contribution < -0.4 is 5.32 Å². The minimum Gasteiger partial charge on any atom is -0.311 e. The molecule has 1 aromatic rings. The lowest BCUT2D eigenvalue weighted by Crippen LogP contribution is -2.58. The number of benzene rings is 1. The van der Waals surface area contributed by atoms with Gasteiger partial charge in [-0.05, 0) is 32.3 Å². The Kier molecular flexibility index (Phi) is 5.41. The van der Waals surface area contributed by atoms with Gasteiger partial charge in [0.25, 0.3) is 0 Å². The van der Waals surface area contributed by atoms with Gasteiger partial charge in [0.2, 0.25) is 0 Å². The second kappa shape index (κ2) is 7.06. The van der Waals surface area contributed by atoms with Crippen LogP contribution in [0, 0.1) is 0 Å². The smallest absolute Gasteiger partial charge is 0.0196 e. The molecule has 0 bridgehead atoms. The summed E-state index contributed by atoms with van der Waals surface area (Å²) in [5, 5.41) is 3.68. The van der Waals surface area contributed by atoms with Gasteiger partial charge in [0.1, 0.15) is 0 Å². The molecule has 1 fully saturated rings. The highest BCUT2D eigenvalue weighted by Gasteiger charge is 2.27. The third-order valence-electron chi connectivity index (χ3n) is 4.28. The third kappa shape index (κ3) is 4.05. The van der Waals surface area contributed by atoms with E-state index in [0.717, 1.165) is 13.0 Å². The summed E-state index contributed by atoms with van der Waals surface area (Å²) >= 11 is 0. The van der Waals surface area contributed by atoms with Gasteiger partial charge in [0.05, 0.1) is 0 Å². The molecule has 2 rings (SSSR count). The molecule has 2 heteroatoms. The molecule has 1 aromatic carbocycles.